The van der Waals surface area contributed by atoms with Gasteiger partial charge in [0.15, 0.2) is 5.15 Å². The normalized spacial score (nSPS) is 12.1. The number of nitrogens with one attached hydrogen (secondary N) is 1. The van der Waals surface area contributed by atoms with Crippen molar-refractivity contribution < 1.29 is 0 Å². The van der Waals surface area contributed by atoms with Crippen LogP contribution in [0.2, 0.25) is 5.15 Å². The van der Waals surface area contributed by atoms with Gasteiger partial charge in [0.05, 0.1) is 11.9 Å². The van der Waals surface area contributed by atoms with Gasteiger partial charge in [-0.2, -0.15) is 5.10 Å². The summed E-state index contributed by atoms with van der Waals surface area (Å²) < 4.78 is 0. The third-order valence-electron chi connectivity index (χ3n) is 2.61. The summed E-state index contributed by atoms with van der Waals surface area (Å²) in [5, 5.41) is 11.2. The Morgan fingerprint density at radius 3 is 2.76 bits per heavy atom. The molecule has 0 saturated heterocycles. The Bertz CT molecular complexity index is 473. The second-order valence-electron chi connectivity index (χ2n) is 3.96. The van der Waals surface area contributed by atoms with Crippen molar-refractivity contribution in [3.8, 4) is 0 Å². The Kier molecular flexibility index (Phi) is 3.94. The van der Waals surface area contributed by atoms with E-state index in [-0.39, 0.29) is 0 Å². The molecule has 88 valence electrons. The molecule has 0 aliphatic carbocycles. The average molecular weight is 248 g/mol. The van der Waals surface area contributed by atoms with E-state index in [0.29, 0.717) is 11.1 Å². The van der Waals surface area contributed by atoms with Gasteiger partial charge in [0.1, 0.15) is 0 Å². The van der Waals surface area contributed by atoms with Crippen molar-refractivity contribution in [2.45, 2.75) is 12.8 Å². The zero-order valence-electron chi connectivity index (χ0n) is 9.60. The summed E-state index contributed by atoms with van der Waals surface area (Å²) in [6.45, 7) is 3.02. The van der Waals surface area contributed by atoms with E-state index >= 15 is 0 Å². The van der Waals surface area contributed by atoms with Gasteiger partial charge in [0.2, 0.25) is 0 Å². The third kappa shape index (κ3) is 3.43. The SMILES string of the molecule is CC(CNc1cnnc(Cl)c1)c1ccccc1. The first-order chi connectivity index (χ1) is 8.25. The van der Waals surface area contributed by atoms with Crippen molar-refractivity contribution in [1.29, 1.82) is 0 Å². The average Bonchev–Trinajstić information content (AvgIpc) is 2.37. The molecule has 17 heavy (non-hydrogen) atoms. The van der Waals surface area contributed by atoms with Crippen LogP contribution < -0.4 is 5.32 Å². The maximum absolute atomic E-state index is 5.76. The van der Waals surface area contributed by atoms with Crippen molar-refractivity contribution in [3.05, 3.63) is 53.3 Å². The van der Waals surface area contributed by atoms with Crippen molar-refractivity contribution in [2.24, 2.45) is 0 Å². The van der Waals surface area contributed by atoms with Crippen LogP contribution in [-0.2, 0) is 0 Å². The lowest BCUT2D eigenvalue weighted by Crippen LogP contribution is -2.10. The van der Waals surface area contributed by atoms with E-state index in [1.165, 1.54) is 5.56 Å². The predicted octanol–water partition coefficient (Wildman–Crippen LogP) is 3.35. The lowest BCUT2D eigenvalue weighted by Gasteiger charge is -2.13. The highest BCUT2D eigenvalue weighted by molar-refractivity contribution is 6.29. The number of anilines is 1. The predicted molar refractivity (Wildman–Crippen MR) is 70.4 cm³/mol. The molecule has 0 aliphatic rings. The quantitative estimate of drug-likeness (QED) is 0.901. The number of benzene rings is 1. The highest BCUT2D eigenvalue weighted by atomic mass is 35.5. The standard InChI is InChI=1S/C13H14ClN3/c1-10(11-5-3-2-4-6-11)8-15-12-7-13(14)17-16-9-12/h2-7,9-10H,8H2,1H3,(H,15,17). The number of aromatic nitrogens is 2. The van der Waals surface area contributed by atoms with E-state index in [9.17, 15) is 0 Å². The second-order valence-corrected chi connectivity index (χ2v) is 4.35. The van der Waals surface area contributed by atoms with E-state index in [0.717, 1.165) is 12.2 Å². The van der Waals surface area contributed by atoms with Gasteiger partial charge in [0, 0.05) is 12.6 Å². The van der Waals surface area contributed by atoms with Crippen LogP contribution >= 0.6 is 11.6 Å². The van der Waals surface area contributed by atoms with Crippen molar-refractivity contribution in [2.75, 3.05) is 11.9 Å². The molecule has 1 aromatic heterocycles. The number of hydrogen-bond acceptors (Lipinski definition) is 3. The molecule has 0 spiro atoms. The third-order valence-corrected chi connectivity index (χ3v) is 2.79. The van der Waals surface area contributed by atoms with Crippen molar-refractivity contribution in [1.82, 2.24) is 10.2 Å². The molecular weight excluding hydrogens is 234 g/mol. The van der Waals surface area contributed by atoms with E-state index in [1.54, 1.807) is 12.3 Å². The first kappa shape index (κ1) is 11.9. The van der Waals surface area contributed by atoms with Gasteiger partial charge in [-0.15, -0.1) is 5.10 Å². The molecular formula is C13H14ClN3. The first-order valence-corrected chi connectivity index (χ1v) is 5.90. The molecule has 2 aromatic rings. The topological polar surface area (TPSA) is 37.8 Å². The minimum absolute atomic E-state index is 0.405. The lowest BCUT2D eigenvalue weighted by molar-refractivity contribution is 0.803. The molecule has 1 N–H and O–H groups in total. The highest BCUT2D eigenvalue weighted by Gasteiger charge is 2.04. The van der Waals surface area contributed by atoms with Crippen LogP contribution in [0.1, 0.15) is 18.4 Å². The molecule has 0 amide bonds. The van der Waals surface area contributed by atoms with Crippen LogP contribution in [0.4, 0.5) is 5.69 Å². The fraction of sp³-hybridized carbons (Fsp3) is 0.231. The Hall–Kier alpha value is -1.61. The molecule has 0 aliphatic heterocycles. The molecule has 4 heteroatoms. The molecule has 1 heterocycles. The van der Waals surface area contributed by atoms with Crippen LogP contribution in [0.3, 0.4) is 0 Å². The molecule has 3 nitrogen and oxygen atoms in total. The highest BCUT2D eigenvalue weighted by Crippen LogP contribution is 2.16. The molecule has 1 unspecified atom stereocenters. The minimum atomic E-state index is 0.405. The van der Waals surface area contributed by atoms with Gasteiger partial charge in [0.25, 0.3) is 0 Å². The monoisotopic (exact) mass is 247 g/mol. The molecule has 0 fully saturated rings. The largest absolute Gasteiger partial charge is 0.383 e. The number of hydrogen-bond donors (Lipinski definition) is 1. The number of rotatable bonds is 4. The number of nitrogens with zero attached hydrogens (tertiary/aromatic N) is 2. The maximum Gasteiger partial charge on any atom is 0.153 e. The maximum atomic E-state index is 5.76. The zero-order valence-corrected chi connectivity index (χ0v) is 10.4. The van der Waals surface area contributed by atoms with Gasteiger partial charge in [-0.1, -0.05) is 48.9 Å². The Morgan fingerprint density at radius 2 is 2.06 bits per heavy atom. The minimum Gasteiger partial charge on any atom is -0.383 e. The fourth-order valence-corrected chi connectivity index (χ4v) is 1.77. The molecule has 0 saturated carbocycles. The van der Waals surface area contributed by atoms with Crippen LogP contribution in [0.5, 0.6) is 0 Å². The van der Waals surface area contributed by atoms with Crippen LogP contribution in [0.15, 0.2) is 42.6 Å². The zero-order chi connectivity index (χ0) is 12.1. The van der Waals surface area contributed by atoms with Gasteiger partial charge >= 0.3 is 0 Å². The summed E-state index contributed by atoms with van der Waals surface area (Å²) in [5.41, 5.74) is 2.21. The smallest absolute Gasteiger partial charge is 0.153 e. The molecule has 1 aromatic carbocycles. The summed E-state index contributed by atoms with van der Waals surface area (Å²) in [4.78, 5) is 0. The van der Waals surface area contributed by atoms with Crippen LogP contribution in [0.25, 0.3) is 0 Å². The first-order valence-electron chi connectivity index (χ1n) is 5.53. The summed E-state index contributed by atoms with van der Waals surface area (Å²) >= 11 is 5.76. The van der Waals surface area contributed by atoms with Crippen molar-refractivity contribution >= 4 is 17.3 Å². The summed E-state index contributed by atoms with van der Waals surface area (Å²) in [6, 6.07) is 12.2. The van der Waals surface area contributed by atoms with Crippen LogP contribution in [-0.4, -0.2) is 16.7 Å². The fourth-order valence-electron chi connectivity index (χ4n) is 1.61. The molecule has 0 radical (unpaired) electrons. The molecule has 0 bridgehead atoms. The van der Waals surface area contributed by atoms with E-state index < -0.39 is 0 Å². The number of halogens is 1. The Labute approximate surface area is 106 Å². The van der Waals surface area contributed by atoms with E-state index in [2.05, 4.69) is 46.7 Å². The Morgan fingerprint density at radius 1 is 1.29 bits per heavy atom. The summed E-state index contributed by atoms with van der Waals surface area (Å²) in [7, 11) is 0. The molecule has 2 rings (SSSR count). The van der Waals surface area contributed by atoms with Gasteiger partial charge in [-0.3, -0.25) is 0 Å². The molecule has 1 atom stereocenters. The summed E-state index contributed by atoms with van der Waals surface area (Å²) in [5.74, 6) is 0.433. The summed E-state index contributed by atoms with van der Waals surface area (Å²) in [6.07, 6.45) is 1.67. The van der Waals surface area contributed by atoms with E-state index in [1.807, 2.05) is 6.07 Å². The van der Waals surface area contributed by atoms with Crippen LogP contribution in [0, 0.1) is 0 Å². The lowest BCUT2D eigenvalue weighted by atomic mass is 10.0. The van der Waals surface area contributed by atoms with Gasteiger partial charge in [-0.25, -0.2) is 0 Å². The van der Waals surface area contributed by atoms with Gasteiger partial charge in [-0.05, 0) is 11.5 Å². The van der Waals surface area contributed by atoms with E-state index in [4.69, 9.17) is 11.6 Å². The Balaban J connectivity index is 1.95. The van der Waals surface area contributed by atoms with Crippen molar-refractivity contribution in [3.63, 3.8) is 0 Å². The second kappa shape index (κ2) is 5.64. The van der Waals surface area contributed by atoms with Gasteiger partial charge < -0.3 is 5.32 Å².